The maximum atomic E-state index is 14.1. The molecule has 3 N–H and O–H groups in total. The van der Waals surface area contributed by atoms with Crippen molar-refractivity contribution < 1.29 is 52.3 Å². The summed E-state index contributed by atoms with van der Waals surface area (Å²) in [5.41, 5.74) is 6.38. The summed E-state index contributed by atoms with van der Waals surface area (Å²) in [5, 5.41) is 9.32. The average molecular weight is 1010 g/mol. The number of aromatic nitrogens is 1. The number of likely N-dealkylation sites (tertiary alicyclic amines) is 1. The fraction of sp³-hybridized carbons (Fsp3) is 0.518. The van der Waals surface area contributed by atoms with E-state index >= 15 is 0 Å². The number of pyridine rings is 1. The van der Waals surface area contributed by atoms with E-state index in [1.165, 1.54) is 12.0 Å². The lowest BCUT2D eigenvalue weighted by atomic mass is 9.87. The highest BCUT2D eigenvalue weighted by atomic mass is 16.6. The molecule has 1 aliphatic carbocycles. The first-order valence-corrected chi connectivity index (χ1v) is 26.1. The van der Waals surface area contributed by atoms with Crippen molar-refractivity contribution in [1.82, 2.24) is 20.5 Å². The lowest BCUT2D eigenvalue weighted by Crippen LogP contribution is -2.46. The Morgan fingerprint density at radius 1 is 0.616 bits per heavy atom. The third-order valence-electron chi connectivity index (χ3n) is 13.2. The summed E-state index contributed by atoms with van der Waals surface area (Å²) in [6.07, 6.45) is 9.25. The van der Waals surface area contributed by atoms with Crippen molar-refractivity contribution in [2.75, 3.05) is 136 Å². The van der Waals surface area contributed by atoms with E-state index in [-0.39, 0.29) is 36.2 Å². The Labute approximate surface area is 429 Å². The predicted octanol–water partition coefficient (Wildman–Crippen LogP) is 6.51. The second kappa shape index (κ2) is 30.4. The Morgan fingerprint density at radius 2 is 1.27 bits per heavy atom. The topological polar surface area (TPSA) is 188 Å². The van der Waals surface area contributed by atoms with E-state index in [2.05, 4.69) is 33.0 Å². The molecule has 4 amide bonds. The smallest absolute Gasteiger partial charge is 0.255 e. The van der Waals surface area contributed by atoms with Gasteiger partial charge in [-0.3, -0.25) is 24.2 Å². The molecular weight excluding hydrogens is 933 g/mol. The van der Waals surface area contributed by atoms with E-state index < -0.39 is 5.91 Å². The van der Waals surface area contributed by atoms with Gasteiger partial charge in [0.15, 0.2) is 0 Å². The zero-order valence-electron chi connectivity index (χ0n) is 42.5. The summed E-state index contributed by atoms with van der Waals surface area (Å²) in [6.45, 7) is 9.08. The molecule has 3 aliphatic rings. The largest absolute Gasteiger partial charge is 0.382 e. The molecule has 2 unspecified atom stereocenters. The van der Waals surface area contributed by atoms with Crippen LogP contribution in [0.25, 0.3) is 11.3 Å². The van der Waals surface area contributed by atoms with Crippen molar-refractivity contribution in [1.29, 1.82) is 0 Å². The maximum absolute atomic E-state index is 14.1. The highest BCUT2D eigenvalue weighted by Crippen LogP contribution is 2.34. The molecule has 0 radical (unpaired) electrons. The van der Waals surface area contributed by atoms with Crippen LogP contribution in [0.5, 0.6) is 0 Å². The quantitative estimate of drug-likeness (QED) is 0.0500. The number of hydrogen-bond donors (Lipinski definition) is 3. The van der Waals surface area contributed by atoms with Crippen LogP contribution in [0.1, 0.15) is 93.2 Å². The van der Waals surface area contributed by atoms with Crippen molar-refractivity contribution in [2.24, 2.45) is 5.92 Å². The van der Waals surface area contributed by atoms with Gasteiger partial charge in [-0.1, -0.05) is 30.3 Å². The molecule has 0 spiro atoms. The van der Waals surface area contributed by atoms with Crippen LogP contribution in [-0.4, -0.2) is 159 Å². The summed E-state index contributed by atoms with van der Waals surface area (Å²) in [7, 11) is 1.64. The molecular formula is C56H74N6O11. The van der Waals surface area contributed by atoms with Crippen LogP contribution in [0.15, 0.2) is 85.1 Å². The third-order valence-corrected chi connectivity index (χ3v) is 13.2. The number of aryl methyl sites for hydroxylation is 1. The molecule has 2 saturated heterocycles. The molecule has 394 valence electrons. The summed E-state index contributed by atoms with van der Waals surface area (Å²) in [5.74, 6) is -1.30. The van der Waals surface area contributed by atoms with Crippen molar-refractivity contribution in [3.05, 3.63) is 113 Å². The van der Waals surface area contributed by atoms with E-state index in [0.29, 0.717) is 145 Å². The highest BCUT2D eigenvalue weighted by molar-refractivity contribution is 6.08. The number of methoxy groups -OCH3 is 1. The van der Waals surface area contributed by atoms with Gasteiger partial charge in [0.2, 0.25) is 5.91 Å². The van der Waals surface area contributed by atoms with Crippen molar-refractivity contribution >= 4 is 35.0 Å². The van der Waals surface area contributed by atoms with Gasteiger partial charge in [-0.15, -0.1) is 0 Å². The minimum atomic E-state index is -0.391. The Hall–Kier alpha value is -5.79. The van der Waals surface area contributed by atoms with Crippen LogP contribution in [0.4, 0.5) is 11.4 Å². The highest BCUT2D eigenvalue weighted by Gasteiger charge is 2.30. The Bertz CT molecular complexity index is 2360. The van der Waals surface area contributed by atoms with Gasteiger partial charge < -0.3 is 58.9 Å². The van der Waals surface area contributed by atoms with Gasteiger partial charge in [0.1, 0.15) is 0 Å². The standard InChI is InChI=1S/C56H74N6O11/c1-67-26-27-69-30-31-71-34-35-73-37-36-72-33-32-70-29-28-68-25-21-58-53(63)46-14-9-24-62(41-46)56(66)45-13-7-12-43(38-45)54(64)60-51-18-17-47(61-22-5-2-6-23-61)40-49(51)52-39-44(19-20-57-52)55(65)59-50-16-8-11-42-10-3-4-15-48(42)50/h3-4,7,10,12-13,15,17-20,38-40,46,50H,2,5-6,8-9,11,14,16,21-37,41H2,1H3,(H,58,63)(H,59,65)(H,60,64). The van der Waals surface area contributed by atoms with Gasteiger partial charge in [-0.25, -0.2) is 0 Å². The second-order valence-corrected chi connectivity index (χ2v) is 18.4. The Kier molecular flexibility index (Phi) is 22.9. The molecule has 17 nitrogen and oxygen atoms in total. The van der Waals surface area contributed by atoms with Crippen LogP contribution < -0.4 is 20.9 Å². The first kappa shape index (κ1) is 55.0. The lowest BCUT2D eigenvalue weighted by Gasteiger charge is -2.32. The van der Waals surface area contributed by atoms with Crippen molar-refractivity contribution in [3.8, 4) is 11.3 Å². The molecule has 3 heterocycles. The van der Waals surface area contributed by atoms with E-state index in [1.54, 1.807) is 54.6 Å². The zero-order valence-corrected chi connectivity index (χ0v) is 42.5. The molecule has 1 aromatic heterocycles. The number of anilines is 2. The van der Waals surface area contributed by atoms with Gasteiger partial charge in [-0.05, 0) is 111 Å². The maximum Gasteiger partial charge on any atom is 0.255 e. The van der Waals surface area contributed by atoms with Crippen LogP contribution in [0.2, 0.25) is 0 Å². The number of nitrogens with one attached hydrogen (secondary N) is 3. The molecule has 73 heavy (non-hydrogen) atoms. The van der Waals surface area contributed by atoms with Gasteiger partial charge in [0.25, 0.3) is 17.7 Å². The molecule has 0 saturated carbocycles. The van der Waals surface area contributed by atoms with Crippen LogP contribution in [-0.2, 0) is 44.4 Å². The summed E-state index contributed by atoms with van der Waals surface area (Å²) >= 11 is 0. The number of hydrogen-bond acceptors (Lipinski definition) is 13. The predicted molar refractivity (Wildman–Crippen MR) is 278 cm³/mol. The van der Waals surface area contributed by atoms with Crippen LogP contribution in [0, 0.1) is 5.92 Å². The van der Waals surface area contributed by atoms with Crippen molar-refractivity contribution in [3.63, 3.8) is 0 Å². The Morgan fingerprint density at radius 3 is 1.99 bits per heavy atom. The molecule has 2 fully saturated rings. The SMILES string of the molecule is COCCOCCOCCOCCOCCOCCOCCNC(=O)C1CCCN(C(=O)c2cccc(C(=O)Nc3ccc(N4CCCCC4)cc3-c3cc(C(=O)NC4CCCc5ccccc54)ccn3)c2)C1. The summed E-state index contributed by atoms with van der Waals surface area (Å²) in [6, 6.07) is 24.3. The number of fused-ring (bicyclic) bond motifs is 1. The van der Waals surface area contributed by atoms with Gasteiger partial charge >= 0.3 is 0 Å². The molecule has 4 aromatic rings. The number of nitrogens with zero attached hydrogens (tertiary/aromatic N) is 3. The van der Waals surface area contributed by atoms with E-state index in [1.807, 2.05) is 30.3 Å². The fourth-order valence-corrected chi connectivity index (χ4v) is 9.35. The number of ether oxygens (including phenoxy) is 7. The first-order chi connectivity index (χ1) is 35.9. The third kappa shape index (κ3) is 17.4. The average Bonchev–Trinajstić information content (AvgIpc) is 3.43. The Balaban J connectivity index is 0.843. The first-order valence-electron chi connectivity index (χ1n) is 26.1. The molecule has 7 rings (SSSR count). The van der Waals surface area contributed by atoms with Gasteiger partial charge in [0, 0.05) is 74.0 Å². The fourth-order valence-electron chi connectivity index (χ4n) is 9.35. The molecule has 17 heteroatoms. The van der Waals surface area contributed by atoms with E-state index in [9.17, 15) is 19.2 Å². The van der Waals surface area contributed by atoms with Crippen LogP contribution >= 0.6 is 0 Å². The molecule has 3 aromatic carbocycles. The summed E-state index contributed by atoms with van der Waals surface area (Å²) in [4.78, 5) is 63.7. The number of benzene rings is 3. The molecule has 2 aliphatic heterocycles. The van der Waals surface area contributed by atoms with E-state index in [0.717, 1.165) is 56.4 Å². The lowest BCUT2D eigenvalue weighted by molar-refractivity contribution is -0.126. The normalized spacial score (nSPS) is 16.7. The van der Waals surface area contributed by atoms with Crippen LogP contribution in [0.3, 0.4) is 0 Å². The number of carbonyl (C=O) groups is 4. The summed E-state index contributed by atoms with van der Waals surface area (Å²) < 4.78 is 37.9. The minimum absolute atomic E-state index is 0.0740. The number of piperidine rings is 2. The second-order valence-electron chi connectivity index (χ2n) is 18.4. The van der Waals surface area contributed by atoms with Crippen molar-refractivity contribution in [2.45, 2.75) is 57.4 Å². The van der Waals surface area contributed by atoms with Gasteiger partial charge in [-0.2, -0.15) is 0 Å². The number of carbonyl (C=O) groups excluding carboxylic acids is 4. The van der Waals surface area contributed by atoms with E-state index in [4.69, 9.17) is 38.1 Å². The zero-order chi connectivity index (χ0) is 50.9. The molecule has 2 atom stereocenters. The van der Waals surface area contributed by atoms with Gasteiger partial charge in [0.05, 0.1) is 109 Å². The minimum Gasteiger partial charge on any atom is -0.382 e. The number of amides is 4. The molecule has 0 bridgehead atoms. The number of rotatable bonds is 29. The monoisotopic (exact) mass is 1010 g/mol.